The molecule has 5 aromatic carbocycles. The minimum absolute atomic E-state index is 0.224. The molecule has 0 fully saturated rings. The number of halogens is 4. The van der Waals surface area contributed by atoms with Gasteiger partial charge in [-0.3, -0.25) is 0 Å². The monoisotopic (exact) mass is 544 g/mol. The van der Waals surface area contributed by atoms with Gasteiger partial charge in [-0.15, -0.1) is 0 Å². The third-order valence-corrected chi connectivity index (χ3v) is 7.46. The molecule has 0 aliphatic heterocycles. The molecule has 196 valence electrons. The van der Waals surface area contributed by atoms with Crippen LogP contribution in [0.15, 0.2) is 97.1 Å². The van der Waals surface area contributed by atoms with Crippen LogP contribution in [0.25, 0.3) is 72.3 Å². The number of aromatic nitrogens is 4. The van der Waals surface area contributed by atoms with Crippen LogP contribution in [0.3, 0.4) is 0 Å². The van der Waals surface area contributed by atoms with E-state index in [0.717, 1.165) is 16.5 Å². The number of hydrogen-bond acceptors (Lipinski definition) is 3. The Morgan fingerprint density at radius 1 is 0.439 bits per heavy atom. The molecule has 0 saturated carbocycles. The molecule has 3 heterocycles. The lowest BCUT2D eigenvalue weighted by molar-refractivity contribution is 0.417. The molecule has 0 aliphatic rings. The lowest BCUT2D eigenvalue weighted by Gasteiger charge is -2.09. The van der Waals surface area contributed by atoms with E-state index in [1.165, 1.54) is 4.40 Å². The zero-order valence-electron chi connectivity index (χ0n) is 21.0. The summed E-state index contributed by atoms with van der Waals surface area (Å²) in [5.74, 6) is -5.44. The molecule has 0 spiro atoms. The highest BCUT2D eigenvalue weighted by Crippen LogP contribution is 2.44. The van der Waals surface area contributed by atoms with Crippen LogP contribution in [-0.4, -0.2) is 19.4 Å². The summed E-state index contributed by atoms with van der Waals surface area (Å²) >= 11 is 0. The second-order valence-electron chi connectivity index (χ2n) is 9.79. The Bertz CT molecular complexity index is 2240. The van der Waals surface area contributed by atoms with Gasteiger partial charge in [-0.05, 0) is 18.2 Å². The van der Waals surface area contributed by atoms with Gasteiger partial charge in [0.05, 0.1) is 21.9 Å². The maximum absolute atomic E-state index is 15.4. The van der Waals surface area contributed by atoms with Crippen molar-refractivity contribution in [2.45, 2.75) is 0 Å². The van der Waals surface area contributed by atoms with Crippen LogP contribution < -0.4 is 0 Å². The summed E-state index contributed by atoms with van der Waals surface area (Å²) in [6.07, 6.45) is 0. The van der Waals surface area contributed by atoms with Crippen LogP contribution in [0, 0.1) is 23.3 Å². The van der Waals surface area contributed by atoms with Crippen molar-refractivity contribution < 1.29 is 17.6 Å². The number of fused-ring (bicyclic) bond motifs is 6. The zero-order chi connectivity index (χ0) is 27.8. The van der Waals surface area contributed by atoms with Crippen LogP contribution in [0.4, 0.5) is 17.6 Å². The molecule has 3 aromatic heterocycles. The summed E-state index contributed by atoms with van der Waals surface area (Å²) in [6.45, 7) is 0. The molecule has 0 N–H and O–H groups in total. The van der Waals surface area contributed by atoms with Crippen molar-refractivity contribution in [3.05, 3.63) is 120 Å². The SMILES string of the molecule is Fc1c(F)c(F)c2c(c1F)c1cc(-c3nc(-c4ccccc4)nc(-c4ccccc4)n3)cc3c4ccccc4n2c31. The van der Waals surface area contributed by atoms with Gasteiger partial charge in [0.2, 0.25) is 0 Å². The van der Waals surface area contributed by atoms with E-state index in [4.69, 9.17) is 15.0 Å². The molecule has 4 nitrogen and oxygen atoms in total. The normalized spacial score (nSPS) is 11.9. The van der Waals surface area contributed by atoms with Crippen LogP contribution in [-0.2, 0) is 0 Å². The summed E-state index contributed by atoms with van der Waals surface area (Å²) < 4.78 is 61.2. The molecule has 41 heavy (non-hydrogen) atoms. The number of nitrogens with zero attached hydrogens (tertiary/aromatic N) is 4. The second-order valence-corrected chi connectivity index (χ2v) is 9.79. The van der Waals surface area contributed by atoms with Crippen molar-refractivity contribution in [1.82, 2.24) is 19.4 Å². The van der Waals surface area contributed by atoms with Crippen LogP contribution in [0.5, 0.6) is 0 Å². The van der Waals surface area contributed by atoms with Gasteiger partial charge in [-0.1, -0.05) is 78.9 Å². The predicted molar refractivity (Wildman–Crippen MR) is 151 cm³/mol. The summed E-state index contributed by atoms with van der Waals surface area (Å²) in [5.41, 5.74) is 2.66. The first-order valence-electron chi connectivity index (χ1n) is 12.8. The highest BCUT2D eigenvalue weighted by Gasteiger charge is 2.29. The van der Waals surface area contributed by atoms with Crippen molar-refractivity contribution in [2.75, 3.05) is 0 Å². The summed E-state index contributed by atoms with van der Waals surface area (Å²) in [7, 11) is 0. The van der Waals surface area contributed by atoms with E-state index in [1.807, 2.05) is 78.9 Å². The molecular formula is C33H16F4N4. The maximum atomic E-state index is 15.4. The number of rotatable bonds is 3. The standard InChI is InChI=1S/C33H16F4N4/c34-25-24-22-16-19(33-39-31(17-9-3-1-4-10-17)38-32(40-33)18-11-5-2-6-12-18)15-21-20-13-7-8-14-23(20)41(29(21)22)30(24)28(37)27(36)26(25)35/h1-16H. The Hall–Kier alpha value is -5.37. The first kappa shape index (κ1) is 23.5. The van der Waals surface area contributed by atoms with E-state index in [1.54, 1.807) is 18.2 Å². The summed E-state index contributed by atoms with van der Waals surface area (Å²) in [5, 5.41) is 1.27. The molecule has 0 unspecified atom stereocenters. The van der Waals surface area contributed by atoms with Crippen LogP contribution in [0.1, 0.15) is 0 Å². The highest BCUT2D eigenvalue weighted by molar-refractivity contribution is 6.24. The van der Waals surface area contributed by atoms with Crippen molar-refractivity contribution >= 4 is 38.1 Å². The van der Waals surface area contributed by atoms with Gasteiger partial charge in [0.1, 0.15) is 0 Å². The molecule has 0 amide bonds. The molecule has 8 aromatic rings. The minimum Gasteiger partial charge on any atom is -0.305 e. The van der Waals surface area contributed by atoms with Gasteiger partial charge in [0.15, 0.2) is 40.7 Å². The van der Waals surface area contributed by atoms with E-state index < -0.39 is 23.3 Å². The largest absolute Gasteiger partial charge is 0.305 e. The third-order valence-electron chi connectivity index (χ3n) is 7.46. The van der Waals surface area contributed by atoms with E-state index in [2.05, 4.69) is 0 Å². The van der Waals surface area contributed by atoms with Gasteiger partial charge in [0.25, 0.3) is 0 Å². The van der Waals surface area contributed by atoms with Crippen molar-refractivity contribution in [2.24, 2.45) is 0 Å². The van der Waals surface area contributed by atoms with Crippen molar-refractivity contribution in [3.63, 3.8) is 0 Å². The van der Waals surface area contributed by atoms with Crippen molar-refractivity contribution in [3.8, 4) is 34.2 Å². The molecule has 0 atom stereocenters. The van der Waals surface area contributed by atoms with E-state index in [9.17, 15) is 8.78 Å². The lowest BCUT2D eigenvalue weighted by atomic mass is 10.0. The third kappa shape index (κ3) is 3.30. The van der Waals surface area contributed by atoms with Gasteiger partial charge in [-0.2, -0.15) is 0 Å². The molecule has 0 radical (unpaired) electrons. The molecule has 0 saturated heterocycles. The number of hydrogen-bond donors (Lipinski definition) is 0. The highest BCUT2D eigenvalue weighted by atomic mass is 19.2. The number of para-hydroxylation sites is 1. The van der Waals surface area contributed by atoms with E-state index >= 15 is 8.78 Å². The molecule has 8 heteroatoms. The smallest absolute Gasteiger partial charge is 0.199 e. The van der Waals surface area contributed by atoms with E-state index in [-0.39, 0.29) is 16.3 Å². The van der Waals surface area contributed by atoms with Gasteiger partial charge < -0.3 is 4.40 Å². The Balaban J connectivity index is 1.51. The fraction of sp³-hybridized carbons (Fsp3) is 0. The van der Waals surface area contributed by atoms with Crippen molar-refractivity contribution in [1.29, 1.82) is 0 Å². The van der Waals surface area contributed by atoms with Gasteiger partial charge >= 0.3 is 0 Å². The summed E-state index contributed by atoms with van der Waals surface area (Å²) in [6, 6.07) is 29.4. The predicted octanol–water partition coefficient (Wildman–Crippen LogP) is 8.58. The Morgan fingerprint density at radius 2 is 0.951 bits per heavy atom. The Kier molecular flexibility index (Phi) is 4.91. The quantitative estimate of drug-likeness (QED) is 0.127. The first-order chi connectivity index (χ1) is 20.0. The zero-order valence-corrected chi connectivity index (χ0v) is 21.0. The average Bonchev–Trinajstić information content (AvgIpc) is 3.55. The molecule has 0 aliphatic carbocycles. The summed E-state index contributed by atoms with van der Waals surface area (Å²) in [4.78, 5) is 14.2. The minimum atomic E-state index is -1.85. The molecule has 0 bridgehead atoms. The average molecular weight is 545 g/mol. The fourth-order valence-electron chi connectivity index (χ4n) is 5.66. The molecular weight excluding hydrogens is 528 g/mol. The first-order valence-corrected chi connectivity index (χ1v) is 12.8. The van der Waals surface area contributed by atoms with E-state index in [0.29, 0.717) is 39.5 Å². The van der Waals surface area contributed by atoms with Gasteiger partial charge in [0, 0.05) is 32.8 Å². The second kappa shape index (κ2) is 8.56. The Labute approximate surface area is 229 Å². The molecule has 8 rings (SSSR count). The lowest BCUT2D eigenvalue weighted by Crippen LogP contribution is -2.00. The number of benzene rings is 5. The topological polar surface area (TPSA) is 43.1 Å². The van der Waals surface area contributed by atoms with Crippen LogP contribution in [0.2, 0.25) is 0 Å². The van der Waals surface area contributed by atoms with Crippen LogP contribution >= 0.6 is 0 Å². The maximum Gasteiger partial charge on any atom is 0.199 e. The fourth-order valence-corrected chi connectivity index (χ4v) is 5.66. The Morgan fingerprint density at radius 3 is 1.59 bits per heavy atom. The van der Waals surface area contributed by atoms with Gasteiger partial charge in [-0.25, -0.2) is 32.5 Å².